The molecule has 0 fully saturated rings. The number of aliphatic hydroxyl groups excluding tert-OH is 1. The standard InChI is InChI=1S/C27H28N4O6/c1-36-23-5-3-4-21-25(23)29-30-31(26(21)33)15-14-20(27(34)35)22(32)12-8-17-6-9-18(10-7-17)19-11-13-24(37-2)28-16-19/h3-7,9-11,13,16,20,22,32H,8,12,14-15H2,1-2H3,(H,34,35)/t20?,22-/m1/s1. The minimum Gasteiger partial charge on any atom is -0.494 e. The van der Waals surface area contributed by atoms with E-state index >= 15 is 0 Å². The van der Waals surface area contributed by atoms with Gasteiger partial charge in [0.1, 0.15) is 11.3 Å². The molecule has 0 aliphatic rings. The Morgan fingerprint density at radius 3 is 2.41 bits per heavy atom. The summed E-state index contributed by atoms with van der Waals surface area (Å²) in [4.78, 5) is 28.9. The van der Waals surface area contributed by atoms with Crippen molar-refractivity contribution in [3.8, 4) is 22.8 Å². The van der Waals surface area contributed by atoms with Crippen LogP contribution in [0.2, 0.25) is 0 Å². The molecule has 192 valence electrons. The lowest BCUT2D eigenvalue weighted by atomic mass is 9.93. The summed E-state index contributed by atoms with van der Waals surface area (Å²) >= 11 is 0. The van der Waals surface area contributed by atoms with Crippen molar-refractivity contribution in [2.45, 2.75) is 31.9 Å². The minimum atomic E-state index is -1.13. The van der Waals surface area contributed by atoms with E-state index in [4.69, 9.17) is 9.47 Å². The molecule has 4 rings (SSSR count). The lowest BCUT2D eigenvalue weighted by Gasteiger charge is -2.19. The number of ether oxygens (including phenoxy) is 2. The highest BCUT2D eigenvalue weighted by Gasteiger charge is 2.26. The van der Waals surface area contributed by atoms with E-state index < -0.39 is 23.6 Å². The third-order valence-corrected chi connectivity index (χ3v) is 6.33. The van der Waals surface area contributed by atoms with Crippen LogP contribution >= 0.6 is 0 Å². The van der Waals surface area contributed by atoms with E-state index in [0.717, 1.165) is 21.4 Å². The van der Waals surface area contributed by atoms with Crippen molar-refractivity contribution >= 4 is 16.9 Å². The quantitative estimate of drug-likeness (QED) is 0.316. The number of hydrogen-bond acceptors (Lipinski definition) is 8. The number of benzene rings is 2. The van der Waals surface area contributed by atoms with Gasteiger partial charge in [0.15, 0.2) is 0 Å². The smallest absolute Gasteiger partial charge is 0.309 e. The first-order valence-corrected chi connectivity index (χ1v) is 11.8. The number of aryl methyl sites for hydroxylation is 2. The van der Waals surface area contributed by atoms with Crippen molar-refractivity contribution in [1.82, 2.24) is 20.0 Å². The topological polar surface area (TPSA) is 137 Å². The van der Waals surface area contributed by atoms with Crippen LogP contribution in [0.25, 0.3) is 22.0 Å². The molecule has 0 bridgehead atoms. The molecule has 2 aromatic heterocycles. The zero-order chi connectivity index (χ0) is 26.4. The van der Waals surface area contributed by atoms with Crippen LogP contribution in [-0.2, 0) is 17.8 Å². The molecule has 2 N–H and O–H groups in total. The maximum Gasteiger partial charge on any atom is 0.309 e. The summed E-state index contributed by atoms with van der Waals surface area (Å²) in [6.45, 7) is 0.0115. The second-order valence-corrected chi connectivity index (χ2v) is 8.60. The molecule has 2 aromatic carbocycles. The number of aromatic nitrogens is 4. The molecular formula is C27H28N4O6. The van der Waals surface area contributed by atoms with E-state index in [2.05, 4.69) is 15.3 Å². The Morgan fingerprint density at radius 1 is 1.00 bits per heavy atom. The largest absolute Gasteiger partial charge is 0.494 e. The maximum absolute atomic E-state index is 12.8. The van der Waals surface area contributed by atoms with Crippen LogP contribution < -0.4 is 15.0 Å². The van der Waals surface area contributed by atoms with Gasteiger partial charge in [-0.3, -0.25) is 9.59 Å². The highest BCUT2D eigenvalue weighted by Crippen LogP contribution is 2.23. The first-order chi connectivity index (χ1) is 17.9. The number of carbonyl (C=O) groups is 1. The van der Waals surface area contributed by atoms with Crippen LogP contribution in [0.5, 0.6) is 11.6 Å². The van der Waals surface area contributed by atoms with Crippen LogP contribution in [0, 0.1) is 5.92 Å². The van der Waals surface area contributed by atoms with Gasteiger partial charge in [0.25, 0.3) is 5.56 Å². The van der Waals surface area contributed by atoms with E-state index in [1.807, 2.05) is 30.3 Å². The fourth-order valence-corrected chi connectivity index (χ4v) is 4.18. The number of rotatable bonds is 11. The molecule has 0 aliphatic heterocycles. The summed E-state index contributed by atoms with van der Waals surface area (Å²) in [5, 5.41) is 28.7. The molecule has 0 amide bonds. The molecule has 4 aromatic rings. The number of nitrogens with zero attached hydrogens (tertiary/aromatic N) is 4. The highest BCUT2D eigenvalue weighted by molar-refractivity contribution is 5.83. The number of hydrogen-bond donors (Lipinski definition) is 2. The molecule has 2 atom stereocenters. The third kappa shape index (κ3) is 5.92. The Bertz CT molecular complexity index is 1420. The van der Waals surface area contributed by atoms with Crippen molar-refractivity contribution in [2.75, 3.05) is 14.2 Å². The van der Waals surface area contributed by atoms with Crippen LogP contribution in [0.15, 0.2) is 65.6 Å². The van der Waals surface area contributed by atoms with Gasteiger partial charge >= 0.3 is 5.97 Å². The number of pyridine rings is 1. The molecule has 0 saturated carbocycles. The number of carboxylic acid groups (broad SMARTS) is 1. The molecular weight excluding hydrogens is 476 g/mol. The van der Waals surface area contributed by atoms with Gasteiger partial charge in [-0.05, 0) is 48.6 Å². The van der Waals surface area contributed by atoms with Crippen molar-refractivity contribution in [3.63, 3.8) is 0 Å². The highest BCUT2D eigenvalue weighted by atomic mass is 16.5. The predicted octanol–water partition coefficient (Wildman–Crippen LogP) is 2.96. The number of carboxylic acids is 1. The summed E-state index contributed by atoms with van der Waals surface area (Å²) in [7, 11) is 3.04. The molecule has 0 radical (unpaired) electrons. The average molecular weight is 505 g/mol. The molecule has 10 nitrogen and oxygen atoms in total. The van der Waals surface area contributed by atoms with Gasteiger partial charge in [-0.2, -0.15) is 0 Å². The van der Waals surface area contributed by atoms with Gasteiger partial charge in [0, 0.05) is 24.4 Å². The Kier molecular flexibility index (Phi) is 8.09. The summed E-state index contributed by atoms with van der Waals surface area (Å²) < 4.78 is 11.4. The molecule has 37 heavy (non-hydrogen) atoms. The Labute approximate surface area is 213 Å². The normalized spacial score (nSPS) is 12.7. The number of methoxy groups -OCH3 is 2. The van der Waals surface area contributed by atoms with Crippen molar-refractivity contribution < 1.29 is 24.5 Å². The van der Waals surface area contributed by atoms with Gasteiger partial charge in [-0.25, -0.2) is 9.67 Å². The Hall–Kier alpha value is -4.31. The molecule has 0 spiro atoms. The summed E-state index contributed by atoms with van der Waals surface area (Å²) in [6, 6.07) is 16.5. The SMILES string of the molecule is COc1ccc(-c2ccc(CC[C@@H](O)C(CCn3nnc4c(OC)cccc4c3=O)C(=O)O)cc2)cn1. The van der Waals surface area contributed by atoms with Crippen molar-refractivity contribution in [3.05, 3.63) is 76.7 Å². The summed E-state index contributed by atoms with van der Waals surface area (Å²) in [5.74, 6) is -1.21. The van der Waals surface area contributed by atoms with Gasteiger partial charge in [0.2, 0.25) is 5.88 Å². The zero-order valence-electron chi connectivity index (χ0n) is 20.6. The molecule has 2 heterocycles. The van der Waals surface area contributed by atoms with Crippen LogP contribution in [-0.4, -0.2) is 56.5 Å². The van der Waals surface area contributed by atoms with E-state index in [9.17, 15) is 19.8 Å². The van der Waals surface area contributed by atoms with E-state index in [1.165, 1.54) is 7.11 Å². The second kappa shape index (κ2) is 11.6. The van der Waals surface area contributed by atoms with Crippen LogP contribution in [0.4, 0.5) is 0 Å². The van der Waals surface area contributed by atoms with Gasteiger partial charge in [-0.1, -0.05) is 35.5 Å². The van der Waals surface area contributed by atoms with Gasteiger partial charge < -0.3 is 19.7 Å². The average Bonchev–Trinajstić information content (AvgIpc) is 2.93. The lowest BCUT2D eigenvalue weighted by Crippen LogP contribution is -2.32. The Balaban J connectivity index is 1.38. The zero-order valence-corrected chi connectivity index (χ0v) is 20.6. The van der Waals surface area contributed by atoms with E-state index in [0.29, 0.717) is 29.0 Å². The first-order valence-electron chi connectivity index (χ1n) is 11.8. The number of aliphatic hydroxyl groups is 1. The van der Waals surface area contributed by atoms with Crippen molar-refractivity contribution in [1.29, 1.82) is 0 Å². The third-order valence-electron chi connectivity index (χ3n) is 6.33. The summed E-state index contributed by atoms with van der Waals surface area (Å²) in [5.41, 5.74) is 2.86. The van der Waals surface area contributed by atoms with E-state index in [-0.39, 0.29) is 19.4 Å². The second-order valence-electron chi connectivity index (χ2n) is 8.60. The molecule has 10 heteroatoms. The minimum absolute atomic E-state index is 0.0115. The summed E-state index contributed by atoms with van der Waals surface area (Å²) in [6.07, 6.45) is 1.44. The van der Waals surface area contributed by atoms with Crippen LogP contribution in [0.3, 0.4) is 0 Å². The maximum atomic E-state index is 12.8. The molecule has 0 saturated heterocycles. The fraction of sp³-hybridized carbons (Fsp3) is 0.296. The van der Waals surface area contributed by atoms with Crippen molar-refractivity contribution in [2.24, 2.45) is 5.92 Å². The van der Waals surface area contributed by atoms with Gasteiger partial charge in [0.05, 0.1) is 31.6 Å². The number of fused-ring (bicyclic) bond motifs is 1. The van der Waals surface area contributed by atoms with Crippen LogP contribution in [0.1, 0.15) is 18.4 Å². The molecule has 1 unspecified atom stereocenters. The fourth-order valence-electron chi connectivity index (χ4n) is 4.18. The number of aliphatic carboxylic acids is 1. The Morgan fingerprint density at radius 2 is 1.76 bits per heavy atom. The lowest BCUT2D eigenvalue weighted by molar-refractivity contribution is -0.146. The first kappa shape index (κ1) is 25.8. The van der Waals surface area contributed by atoms with Gasteiger partial charge in [-0.15, -0.1) is 5.10 Å². The monoisotopic (exact) mass is 504 g/mol. The van der Waals surface area contributed by atoms with E-state index in [1.54, 1.807) is 37.6 Å². The predicted molar refractivity (Wildman–Crippen MR) is 137 cm³/mol. The molecule has 0 aliphatic carbocycles.